The molecule has 4 nitrogen and oxygen atoms in total. The van der Waals surface area contributed by atoms with Crippen molar-refractivity contribution in [3.05, 3.63) is 51.1 Å². The van der Waals surface area contributed by atoms with Crippen LogP contribution in [-0.4, -0.2) is 37.0 Å². The molecule has 3 rings (SSSR count). The molecule has 1 atom stereocenters. The molecular weight excluding hydrogens is 388 g/mol. The Balaban J connectivity index is 1.50. The SMILES string of the molecule is O=C(COc1ccc(Br)cc1)NC[C@@H](c1cccs1)N1CCCC1. The molecule has 1 N–H and O–H groups in total. The van der Waals surface area contributed by atoms with Crippen LogP contribution in [-0.2, 0) is 4.79 Å². The molecule has 0 aliphatic carbocycles. The summed E-state index contributed by atoms with van der Waals surface area (Å²) in [6.45, 7) is 2.88. The number of hydrogen-bond acceptors (Lipinski definition) is 4. The van der Waals surface area contributed by atoms with Crippen LogP contribution < -0.4 is 10.1 Å². The van der Waals surface area contributed by atoms with E-state index in [1.807, 2.05) is 24.3 Å². The fourth-order valence-electron chi connectivity index (χ4n) is 2.89. The highest BCUT2D eigenvalue weighted by Gasteiger charge is 2.24. The normalized spacial score (nSPS) is 16.0. The van der Waals surface area contributed by atoms with E-state index in [-0.39, 0.29) is 18.6 Å². The molecular formula is C18H21BrN2O2S. The average molecular weight is 409 g/mol. The molecule has 1 aliphatic rings. The lowest BCUT2D eigenvalue weighted by atomic mass is 10.2. The van der Waals surface area contributed by atoms with Crippen molar-refractivity contribution in [2.24, 2.45) is 0 Å². The van der Waals surface area contributed by atoms with Gasteiger partial charge in [0.2, 0.25) is 0 Å². The summed E-state index contributed by atoms with van der Waals surface area (Å²) in [7, 11) is 0. The van der Waals surface area contributed by atoms with Gasteiger partial charge in [-0.3, -0.25) is 9.69 Å². The summed E-state index contributed by atoms with van der Waals surface area (Å²) in [5, 5.41) is 5.12. The maximum atomic E-state index is 12.1. The standard InChI is InChI=1S/C18H21BrN2O2S/c19-14-5-7-15(8-6-14)23-13-18(22)20-12-16(17-4-3-11-24-17)21-9-1-2-10-21/h3-8,11,16H,1-2,9-10,12-13H2,(H,20,22)/t16-/m0/s1. The van der Waals surface area contributed by atoms with Gasteiger partial charge in [0.15, 0.2) is 6.61 Å². The monoisotopic (exact) mass is 408 g/mol. The van der Waals surface area contributed by atoms with E-state index in [2.05, 4.69) is 43.7 Å². The first kappa shape index (κ1) is 17.5. The lowest BCUT2D eigenvalue weighted by Crippen LogP contribution is -2.38. The second-order valence-electron chi connectivity index (χ2n) is 5.82. The first-order valence-corrected chi connectivity index (χ1v) is 9.82. The van der Waals surface area contributed by atoms with Gasteiger partial charge in [-0.2, -0.15) is 0 Å². The zero-order valence-corrected chi connectivity index (χ0v) is 15.8. The maximum Gasteiger partial charge on any atom is 0.258 e. The Bertz CT molecular complexity index is 640. The summed E-state index contributed by atoms with van der Waals surface area (Å²) < 4.78 is 6.52. The van der Waals surface area contributed by atoms with Crippen LogP contribution in [0.2, 0.25) is 0 Å². The van der Waals surface area contributed by atoms with E-state index in [0.717, 1.165) is 17.6 Å². The number of likely N-dealkylation sites (tertiary alicyclic amines) is 1. The van der Waals surface area contributed by atoms with Crippen LogP contribution in [0, 0.1) is 0 Å². The highest BCUT2D eigenvalue weighted by Crippen LogP contribution is 2.27. The fraction of sp³-hybridized carbons (Fsp3) is 0.389. The summed E-state index contributed by atoms with van der Waals surface area (Å²) >= 11 is 5.13. The molecule has 1 saturated heterocycles. The van der Waals surface area contributed by atoms with Gasteiger partial charge in [-0.1, -0.05) is 22.0 Å². The van der Waals surface area contributed by atoms with Crippen LogP contribution >= 0.6 is 27.3 Å². The number of rotatable bonds is 7. The average Bonchev–Trinajstić information content (AvgIpc) is 3.29. The number of ether oxygens (including phenoxy) is 1. The van der Waals surface area contributed by atoms with E-state index in [9.17, 15) is 4.79 Å². The van der Waals surface area contributed by atoms with Gasteiger partial charge in [0.1, 0.15) is 5.75 Å². The summed E-state index contributed by atoms with van der Waals surface area (Å²) in [6, 6.07) is 12.0. The number of carbonyl (C=O) groups is 1. The summed E-state index contributed by atoms with van der Waals surface area (Å²) in [6.07, 6.45) is 2.48. The number of amides is 1. The zero-order chi connectivity index (χ0) is 16.8. The summed E-state index contributed by atoms with van der Waals surface area (Å²) in [5.74, 6) is 0.612. The van der Waals surface area contributed by atoms with Gasteiger partial charge in [-0.05, 0) is 61.6 Å². The van der Waals surface area contributed by atoms with Crippen molar-refractivity contribution in [1.29, 1.82) is 0 Å². The summed E-state index contributed by atoms with van der Waals surface area (Å²) in [4.78, 5) is 15.9. The minimum Gasteiger partial charge on any atom is -0.484 e. The quantitative estimate of drug-likeness (QED) is 0.756. The minimum atomic E-state index is -0.0846. The third-order valence-corrected chi connectivity index (χ3v) is 5.63. The second kappa shape index (κ2) is 8.65. The Morgan fingerprint density at radius 3 is 2.67 bits per heavy atom. The maximum absolute atomic E-state index is 12.1. The Morgan fingerprint density at radius 1 is 1.25 bits per heavy atom. The molecule has 0 bridgehead atoms. The number of nitrogens with zero attached hydrogens (tertiary/aromatic N) is 1. The second-order valence-corrected chi connectivity index (χ2v) is 7.72. The zero-order valence-electron chi connectivity index (χ0n) is 13.4. The van der Waals surface area contributed by atoms with Gasteiger partial charge < -0.3 is 10.1 Å². The molecule has 1 amide bonds. The van der Waals surface area contributed by atoms with Crippen molar-refractivity contribution >= 4 is 33.2 Å². The molecule has 128 valence electrons. The van der Waals surface area contributed by atoms with Gasteiger partial charge in [0, 0.05) is 15.9 Å². The molecule has 1 aromatic heterocycles. The van der Waals surface area contributed by atoms with Crippen molar-refractivity contribution in [2.75, 3.05) is 26.2 Å². The Labute approximate surface area is 154 Å². The van der Waals surface area contributed by atoms with Gasteiger partial charge in [0.05, 0.1) is 6.04 Å². The molecule has 24 heavy (non-hydrogen) atoms. The fourth-order valence-corrected chi connectivity index (χ4v) is 4.01. The minimum absolute atomic E-state index is 0.0405. The number of carbonyl (C=O) groups excluding carboxylic acids is 1. The molecule has 1 aliphatic heterocycles. The molecule has 0 spiro atoms. The third-order valence-electron chi connectivity index (χ3n) is 4.13. The van der Waals surface area contributed by atoms with E-state index in [4.69, 9.17) is 4.74 Å². The van der Waals surface area contributed by atoms with Crippen molar-refractivity contribution < 1.29 is 9.53 Å². The lowest BCUT2D eigenvalue weighted by molar-refractivity contribution is -0.123. The van der Waals surface area contributed by atoms with Crippen LogP contribution in [0.15, 0.2) is 46.3 Å². The molecule has 0 saturated carbocycles. The number of thiophene rings is 1. The van der Waals surface area contributed by atoms with Gasteiger partial charge in [0.25, 0.3) is 5.91 Å². The Hall–Kier alpha value is -1.37. The molecule has 0 radical (unpaired) electrons. The van der Waals surface area contributed by atoms with E-state index in [1.165, 1.54) is 17.7 Å². The first-order valence-electron chi connectivity index (χ1n) is 8.15. The van der Waals surface area contributed by atoms with Crippen LogP contribution in [0.25, 0.3) is 0 Å². The smallest absolute Gasteiger partial charge is 0.258 e. The van der Waals surface area contributed by atoms with Crippen molar-refractivity contribution in [2.45, 2.75) is 18.9 Å². The predicted octanol–water partition coefficient (Wildman–Crippen LogP) is 3.84. The number of nitrogens with one attached hydrogen (secondary N) is 1. The molecule has 1 aromatic carbocycles. The van der Waals surface area contributed by atoms with Crippen molar-refractivity contribution in [1.82, 2.24) is 10.2 Å². The van der Waals surface area contributed by atoms with Gasteiger partial charge >= 0.3 is 0 Å². The first-order chi connectivity index (χ1) is 11.7. The van der Waals surface area contributed by atoms with Crippen LogP contribution in [0.1, 0.15) is 23.8 Å². The molecule has 2 aromatic rings. The Morgan fingerprint density at radius 2 is 2.00 bits per heavy atom. The highest BCUT2D eigenvalue weighted by atomic mass is 79.9. The lowest BCUT2D eigenvalue weighted by Gasteiger charge is -2.26. The van der Waals surface area contributed by atoms with Crippen LogP contribution in [0.4, 0.5) is 0 Å². The van der Waals surface area contributed by atoms with Crippen LogP contribution in [0.3, 0.4) is 0 Å². The highest BCUT2D eigenvalue weighted by molar-refractivity contribution is 9.10. The number of benzene rings is 1. The molecule has 2 heterocycles. The largest absolute Gasteiger partial charge is 0.484 e. The van der Waals surface area contributed by atoms with E-state index in [0.29, 0.717) is 12.3 Å². The molecule has 6 heteroatoms. The van der Waals surface area contributed by atoms with Gasteiger partial charge in [-0.25, -0.2) is 0 Å². The molecule has 0 unspecified atom stereocenters. The number of halogens is 1. The van der Waals surface area contributed by atoms with Gasteiger partial charge in [-0.15, -0.1) is 11.3 Å². The van der Waals surface area contributed by atoms with Crippen molar-refractivity contribution in [3.8, 4) is 5.75 Å². The molecule has 1 fully saturated rings. The van der Waals surface area contributed by atoms with Crippen molar-refractivity contribution in [3.63, 3.8) is 0 Å². The number of hydrogen-bond donors (Lipinski definition) is 1. The van der Waals surface area contributed by atoms with E-state index >= 15 is 0 Å². The summed E-state index contributed by atoms with van der Waals surface area (Å²) in [5.41, 5.74) is 0. The van der Waals surface area contributed by atoms with E-state index in [1.54, 1.807) is 11.3 Å². The van der Waals surface area contributed by atoms with E-state index < -0.39 is 0 Å². The third kappa shape index (κ3) is 4.82. The van der Waals surface area contributed by atoms with Crippen LogP contribution in [0.5, 0.6) is 5.75 Å². The topological polar surface area (TPSA) is 41.6 Å². The Kier molecular flexibility index (Phi) is 6.29. The predicted molar refractivity (Wildman–Crippen MR) is 101 cm³/mol.